The maximum atomic E-state index is 13.0. The van der Waals surface area contributed by atoms with Crippen molar-refractivity contribution >= 4 is 39.2 Å². The molecule has 1 aromatic heterocycles. The zero-order chi connectivity index (χ0) is 20.4. The van der Waals surface area contributed by atoms with Gasteiger partial charge in [-0.25, -0.2) is 9.97 Å². The quantitative estimate of drug-likeness (QED) is 0.597. The van der Waals surface area contributed by atoms with Crippen molar-refractivity contribution in [3.8, 4) is 0 Å². The Morgan fingerprint density at radius 1 is 1.11 bits per heavy atom. The summed E-state index contributed by atoms with van der Waals surface area (Å²) >= 11 is 3.56. The first kappa shape index (κ1) is 20.8. The predicted molar refractivity (Wildman–Crippen MR) is 119 cm³/mol. The van der Waals surface area contributed by atoms with E-state index in [9.17, 15) is 4.79 Å². The van der Waals surface area contributed by atoms with Crippen LogP contribution < -0.4 is 9.80 Å². The molecule has 1 amide bonds. The van der Waals surface area contributed by atoms with Crippen LogP contribution in [0.5, 0.6) is 0 Å². The lowest BCUT2D eigenvalue weighted by Gasteiger charge is -2.34. The number of halogens is 1. The van der Waals surface area contributed by atoms with Gasteiger partial charge in [-0.15, -0.1) is 0 Å². The fourth-order valence-electron chi connectivity index (χ4n) is 3.95. The van der Waals surface area contributed by atoms with E-state index < -0.39 is 0 Å². The molecule has 2 heterocycles. The molecule has 1 aromatic carbocycles. The number of aryl methyl sites for hydroxylation is 3. The molecule has 0 spiro atoms. The van der Waals surface area contributed by atoms with Crippen LogP contribution in [0.15, 0.2) is 16.6 Å². The maximum Gasteiger partial charge on any atom is 0.233 e. The first-order valence-electron chi connectivity index (χ1n) is 10.1. The summed E-state index contributed by atoms with van der Waals surface area (Å²) in [5.74, 6) is 2.54. The van der Waals surface area contributed by atoms with Crippen molar-refractivity contribution in [3.05, 3.63) is 39.1 Å². The lowest BCUT2D eigenvalue weighted by molar-refractivity contribution is -0.118. The van der Waals surface area contributed by atoms with Gasteiger partial charge >= 0.3 is 0 Å². The molecule has 150 valence electrons. The van der Waals surface area contributed by atoms with Gasteiger partial charge in [0.25, 0.3) is 0 Å². The number of unbranched alkanes of at least 4 members (excludes halogenated alkanes) is 1. The molecular formula is C22H29BrN4O. The molecule has 0 saturated carbocycles. The lowest BCUT2D eigenvalue weighted by Crippen LogP contribution is -2.35. The van der Waals surface area contributed by atoms with E-state index in [-0.39, 0.29) is 5.91 Å². The number of rotatable bonds is 6. The highest BCUT2D eigenvalue weighted by Crippen LogP contribution is 2.40. The minimum absolute atomic E-state index is 0.0988. The Labute approximate surface area is 176 Å². The van der Waals surface area contributed by atoms with E-state index in [4.69, 9.17) is 9.97 Å². The van der Waals surface area contributed by atoms with Gasteiger partial charge in [-0.1, -0.05) is 29.3 Å². The van der Waals surface area contributed by atoms with Crippen LogP contribution in [0.2, 0.25) is 0 Å². The van der Waals surface area contributed by atoms with Gasteiger partial charge in [0.15, 0.2) is 0 Å². The Morgan fingerprint density at radius 2 is 1.79 bits per heavy atom. The summed E-state index contributed by atoms with van der Waals surface area (Å²) in [7, 11) is 0. The average Bonchev–Trinajstić information content (AvgIpc) is 2.63. The van der Waals surface area contributed by atoms with Gasteiger partial charge in [0.05, 0.1) is 5.69 Å². The molecule has 0 fully saturated rings. The van der Waals surface area contributed by atoms with Crippen molar-refractivity contribution < 1.29 is 4.79 Å². The van der Waals surface area contributed by atoms with Gasteiger partial charge in [0, 0.05) is 29.5 Å². The molecule has 0 unspecified atom stereocenters. The summed E-state index contributed by atoms with van der Waals surface area (Å²) in [6.45, 7) is 12.2. The fourth-order valence-corrected chi connectivity index (χ4v) is 4.63. The molecule has 0 bridgehead atoms. The molecule has 0 radical (unpaired) electrons. The molecule has 0 N–H and O–H groups in total. The fraction of sp³-hybridized carbons (Fsp3) is 0.500. The van der Waals surface area contributed by atoms with Gasteiger partial charge in [-0.2, -0.15) is 0 Å². The van der Waals surface area contributed by atoms with Crippen LogP contribution in [0.1, 0.15) is 55.6 Å². The Morgan fingerprint density at radius 3 is 2.39 bits per heavy atom. The number of amides is 1. The molecule has 5 nitrogen and oxygen atoms in total. The first-order chi connectivity index (χ1) is 13.4. The number of benzene rings is 1. The number of carbonyl (C=O) groups is 1. The molecule has 3 rings (SSSR count). The van der Waals surface area contributed by atoms with Crippen LogP contribution in [0.4, 0.5) is 17.3 Å². The highest BCUT2D eigenvalue weighted by Gasteiger charge is 2.32. The molecule has 0 saturated heterocycles. The van der Waals surface area contributed by atoms with Crippen molar-refractivity contribution in [2.24, 2.45) is 0 Å². The molecule has 0 aliphatic carbocycles. The number of hydrogen-bond donors (Lipinski definition) is 0. The van der Waals surface area contributed by atoms with E-state index >= 15 is 0 Å². The van der Waals surface area contributed by atoms with Crippen LogP contribution in [0.3, 0.4) is 0 Å². The summed E-state index contributed by atoms with van der Waals surface area (Å²) in [6.07, 6.45) is 3.44. The highest BCUT2D eigenvalue weighted by molar-refractivity contribution is 9.10. The van der Waals surface area contributed by atoms with E-state index in [0.29, 0.717) is 18.7 Å². The van der Waals surface area contributed by atoms with Gasteiger partial charge in [0.1, 0.15) is 17.5 Å². The zero-order valence-electron chi connectivity index (χ0n) is 17.5. The first-order valence-corrected chi connectivity index (χ1v) is 10.9. The SMILES string of the molecule is CCCCN(CC)c1nc(C)nc2c1CCC(=O)N2c1c(C)cc(Br)cc1C. The largest absolute Gasteiger partial charge is 0.356 e. The molecule has 2 aromatic rings. The van der Waals surface area contributed by atoms with Crippen LogP contribution in [0, 0.1) is 20.8 Å². The third-order valence-corrected chi connectivity index (χ3v) is 5.73. The Kier molecular flexibility index (Phi) is 6.38. The van der Waals surface area contributed by atoms with E-state index in [1.165, 1.54) is 0 Å². The predicted octanol–water partition coefficient (Wildman–Crippen LogP) is 5.40. The van der Waals surface area contributed by atoms with E-state index in [1.807, 2.05) is 25.7 Å². The smallest absolute Gasteiger partial charge is 0.233 e. The number of anilines is 3. The molecule has 6 heteroatoms. The second-order valence-electron chi connectivity index (χ2n) is 7.45. The second kappa shape index (κ2) is 8.60. The van der Waals surface area contributed by atoms with Crippen molar-refractivity contribution in [2.45, 2.75) is 60.3 Å². The molecule has 28 heavy (non-hydrogen) atoms. The zero-order valence-corrected chi connectivity index (χ0v) is 19.1. The van der Waals surface area contributed by atoms with Crippen LogP contribution in [-0.4, -0.2) is 29.0 Å². The summed E-state index contributed by atoms with van der Waals surface area (Å²) in [5, 5.41) is 0. The second-order valence-corrected chi connectivity index (χ2v) is 8.36. The van der Waals surface area contributed by atoms with Crippen LogP contribution in [0.25, 0.3) is 0 Å². The van der Waals surface area contributed by atoms with E-state index in [0.717, 1.165) is 64.4 Å². The summed E-state index contributed by atoms with van der Waals surface area (Å²) in [6, 6.07) is 4.11. The van der Waals surface area contributed by atoms with Crippen molar-refractivity contribution in [2.75, 3.05) is 22.9 Å². The Bertz CT molecular complexity index is 873. The Balaban J connectivity index is 2.18. The van der Waals surface area contributed by atoms with Gasteiger partial charge in [-0.05, 0) is 63.8 Å². The minimum Gasteiger partial charge on any atom is -0.356 e. The molecule has 0 atom stereocenters. The third kappa shape index (κ3) is 3.93. The number of aromatic nitrogens is 2. The van der Waals surface area contributed by atoms with Gasteiger partial charge in [-0.3, -0.25) is 9.69 Å². The van der Waals surface area contributed by atoms with Crippen LogP contribution in [-0.2, 0) is 11.2 Å². The number of hydrogen-bond acceptors (Lipinski definition) is 4. The Hall–Kier alpha value is -1.95. The lowest BCUT2D eigenvalue weighted by atomic mass is 10.0. The van der Waals surface area contributed by atoms with E-state index in [1.54, 1.807) is 0 Å². The summed E-state index contributed by atoms with van der Waals surface area (Å²) < 4.78 is 1.02. The third-order valence-electron chi connectivity index (χ3n) is 5.27. The van der Waals surface area contributed by atoms with E-state index in [2.05, 4.69) is 46.8 Å². The molecule has 1 aliphatic rings. The van der Waals surface area contributed by atoms with Crippen LogP contribution >= 0.6 is 15.9 Å². The maximum absolute atomic E-state index is 13.0. The number of nitrogens with zero attached hydrogens (tertiary/aromatic N) is 4. The van der Waals surface area contributed by atoms with Gasteiger partial charge in [0.2, 0.25) is 5.91 Å². The van der Waals surface area contributed by atoms with Crippen molar-refractivity contribution in [3.63, 3.8) is 0 Å². The van der Waals surface area contributed by atoms with Crippen molar-refractivity contribution in [1.82, 2.24) is 9.97 Å². The number of fused-ring (bicyclic) bond motifs is 1. The number of carbonyl (C=O) groups excluding carboxylic acids is 1. The molecule has 1 aliphatic heterocycles. The van der Waals surface area contributed by atoms with Gasteiger partial charge < -0.3 is 4.90 Å². The monoisotopic (exact) mass is 444 g/mol. The minimum atomic E-state index is 0.0988. The normalized spacial score (nSPS) is 13.6. The summed E-state index contributed by atoms with van der Waals surface area (Å²) in [4.78, 5) is 26.7. The average molecular weight is 445 g/mol. The standard InChI is InChI=1S/C22H29BrN4O/c1-6-8-11-26(7-2)21-18-9-10-19(28)27(22(18)25-16(5)24-21)20-14(3)12-17(23)13-15(20)4/h12-13H,6-11H2,1-5H3. The summed E-state index contributed by atoms with van der Waals surface area (Å²) in [5.41, 5.74) is 4.15. The van der Waals surface area contributed by atoms with Crippen molar-refractivity contribution in [1.29, 1.82) is 0 Å². The molecular weight excluding hydrogens is 416 g/mol. The highest BCUT2D eigenvalue weighted by atomic mass is 79.9. The topological polar surface area (TPSA) is 49.3 Å².